The van der Waals surface area contributed by atoms with E-state index in [1.165, 1.54) is 0 Å². The number of fused-ring (bicyclic) bond motifs is 1. The van der Waals surface area contributed by atoms with Gasteiger partial charge in [0.15, 0.2) is 0 Å². The SMILES string of the molecule is NC(=O)CCCCOC(=O)Nc1cc2ccccc2cn1. The van der Waals surface area contributed by atoms with Gasteiger partial charge in [0.05, 0.1) is 6.61 Å². The molecule has 0 aliphatic carbocycles. The molecular formula is C15H17N3O3. The number of pyridine rings is 1. The van der Waals surface area contributed by atoms with Gasteiger partial charge in [0.25, 0.3) is 0 Å². The van der Waals surface area contributed by atoms with Gasteiger partial charge in [-0.25, -0.2) is 9.78 Å². The van der Waals surface area contributed by atoms with Crippen LogP contribution in [0.5, 0.6) is 0 Å². The number of rotatable bonds is 6. The topological polar surface area (TPSA) is 94.3 Å². The van der Waals surface area contributed by atoms with Crippen molar-refractivity contribution in [1.29, 1.82) is 0 Å². The molecule has 110 valence electrons. The molecule has 0 saturated heterocycles. The highest BCUT2D eigenvalue weighted by atomic mass is 16.5. The van der Waals surface area contributed by atoms with E-state index in [-0.39, 0.29) is 12.5 Å². The number of primary amides is 1. The maximum absolute atomic E-state index is 11.6. The van der Waals surface area contributed by atoms with Crippen LogP contribution in [0.25, 0.3) is 10.8 Å². The number of unbranched alkanes of at least 4 members (excludes halogenated alkanes) is 1. The van der Waals surface area contributed by atoms with Crippen molar-refractivity contribution in [2.75, 3.05) is 11.9 Å². The standard InChI is InChI=1S/C15H17N3O3/c16-13(19)7-3-4-8-21-15(20)18-14-9-11-5-1-2-6-12(11)10-17-14/h1-2,5-6,9-10H,3-4,7-8H2,(H2,16,19)(H,17,18,20). The number of hydrogen-bond acceptors (Lipinski definition) is 4. The lowest BCUT2D eigenvalue weighted by Crippen LogP contribution is -2.15. The van der Waals surface area contributed by atoms with Crippen LogP contribution in [-0.4, -0.2) is 23.6 Å². The minimum atomic E-state index is -0.558. The van der Waals surface area contributed by atoms with Gasteiger partial charge in [-0.15, -0.1) is 0 Å². The largest absolute Gasteiger partial charge is 0.449 e. The van der Waals surface area contributed by atoms with Crippen LogP contribution in [0, 0.1) is 0 Å². The summed E-state index contributed by atoms with van der Waals surface area (Å²) in [6.45, 7) is 0.243. The lowest BCUT2D eigenvalue weighted by Gasteiger charge is -2.07. The zero-order valence-electron chi connectivity index (χ0n) is 11.5. The highest BCUT2D eigenvalue weighted by Crippen LogP contribution is 2.16. The number of anilines is 1. The van der Waals surface area contributed by atoms with Crippen LogP contribution in [0.15, 0.2) is 36.5 Å². The average molecular weight is 287 g/mol. The number of carbonyl (C=O) groups excluding carboxylic acids is 2. The van der Waals surface area contributed by atoms with Gasteiger partial charge in [-0.05, 0) is 24.3 Å². The maximum Gasteiger partial charge on any atom is 0.412 e. The summed E-state index contributed by atoms with van der Waals surface area (Å²) in [5.41, 5.74) is 5.01. The zero-order chi connectivity index (χ0) is 15.1. The molecule has 6 nitrogen and oxygen atoms in total. The molecule has 0 aliphatic heterocycles. The first-order valence-corrected chi connectivity index (χ1v) is 6.72. The lowest BCUT2D eigenvalue weighted by molar-refractivity contribution is -0.118. The monoisotopic (exact) mass is 287 g/mol. The predicted molar refractivity (Wildman–Crippen MR) is 79.8 cm³/mol. The van der Waals surface area contributed by atoms with Crippen LogP contribution in [0.4, 0.5) is 10.6 Å². The minimum Gasteiger partial charge on any atom is -0.449 e. The van der Waals surface area contributed by atoms with E-state index in [4.69, 9.17) is 10.5 Å². The molecule has 0 radical (unpaired) electrons. The smallest absolute Gasteiger partial charge is 0.412 e. The summed E-state index contributed by atoms with van der Waals surface area (Å²) >= 11 is 0. The molecule has 0 unspecified atom stereocenters. The molecular weight excluding hydrogens is 270 g/mol. The van der Waals surface area contributed by atoms with Crippen LogP contribution in [0.3, 0.4) is 0 Å². The van der Waals surface area contributed by atoms with Crippen molar-refractivity contribution in [2.24, 2.45) is 5.73 Å². The second-order valence-electron chi connectivity index (χ2n) is 4.60. The van der Waals surface area contributed by atoms with Gasteiger partial charge in [0, 0.05) is 18.0 Å². The van der Waals surface area contributed by atoms with E-state index in [2.05, 4.69) is 10.3 Å². The van der Waals surface area contributed by atoms with Crippen LogP contribution >= 0.6 is 0 Å². The Kier molecular flexibility index (Phi) is 5.09. The average Bonchev–Trinajstić information content (AvgIpc) is 2.46. The third-order valence-corrected chi connectivity index (χ3v) is 2.91. The number of aromatic nitrogens is 1. The fourth-order valence-corrected chi connectivity index (χ4v) is 1.86. The molecule has 2 amide bonds. The van der Waals surface area contributed by atoms with Gasteiger partial charge < -0.3 is 10.5 Å². The number of amides is 2. The van der Waals surface area contributed by atoms with E-state index >= 15 is 0 Å². The number of benzene rings is 1. The molecule has 3 N–H and O–H groups in total. The van der Waals surface area contributed by atoms with Gasteiger partial charge in [-0.3, -0.25) is 10.1 Å². The minimum absolute atomic E-state index is 0.243. The lowest BCUT2D eigenvalue weighted by atomic mass is 10.2. The van der Waals surface area contributed by atoms with E-state index in [0.29, 0.717) is 25.1 Å². The molecule has 0 aliphatic rings. The van der Waals surface area contributed by atoms with Crippen molar-refractivity contribution in [1.82, 2.24) is 4.98 Å². The summed E-state index contributed by atoms with van der Waals surface area (Å²) in [4.78, 5) is 26.3. The van der Waals surface area contributed by atoms with Gasteiger partial charge in [0.2, 0.25) is 5.91 Å². The number of nitrogens with zero attached hydrogens (tertiary/aromatic N) is 1. The number of hydrogen-bond donors (Lipinski definition) is 2. The molecule has 0 saturated carbocycles. The number of nitrogens with two attached hydrogens (primary N) is 1. The first-order chi connectivity index (χ1) is 10.1. The number of ether oxygens (including phenoxy) is 1. The summed E-state index contributed by atoms with van der Waals surface area (Å²) < 4.78 is 5.00. The molecule has 0 atom stereocenters. The van der Waals surface area contributed by atoms with Crippen LogP contribution in [0.2, 0.25) is 0 Å². The van der Waals surface area contributed by atoms with Gasteiger partial charge in [-0.2, -0.15) is 0 Å². The molecule has 0 bridgehead atoms. The third-order valence-electron chi connectivity index (χ3n) is 2.91. The summed E-state index contributed by atoms with van der Waals surface area (Å²) in [5, 5.41) is 4.56. The quantitative estimate of drug-likeness (QED) is 0.798. The summed E-state index contributed by atoms with van der Waals surface area (Å²) in [6.07, 6.45) is 2.64. The van der Waals surface area contributed by atoms with Crippen molar-refractivity contribution in [2.45, 2.75) is 19.3 Å². The van der Waals surface area contributed by atoms with Gasteiger partial charge in [0.1, 0.15) is 5.82 Å². The van der Waals surface area contributed by atoms with Crippen LogP contribution in [0.1, 0.15) is 19.3 Å². The van der Waals surface area contributed by atoms with Crippen molar-refractivity contribution in [3.8, 4) is 0 Å². The molecule has 2 rings (SSSR count). The number of nitrogens with one attached hydrogen (secondary N) is 1. The van der Waals surface area contributed by atoms with Crippen molar-refractivity contribution < 1.29 is 14.3 Å². The second-order valence-corrected chi connectivity index (χ2v) is 4.60. The Morgan fingerprint density at radius 1 is 1.19 bits per heavy atom. The van der Waals surface area contributed by atoms with Crippen LogP contribution in [-0.2, 0) is 9.53 Å². The second kappa shape index (κ2) is 7.23. The fraction of sp³-hybridized carbons (Fsp3) is 0.267. The van der Waals surface area contributed by atoms with E-state index in [1.54, 1.807) is 12.3 Å². The summed E-state index contributed by atoms with van der Waals surface area (Å²) in [7, 11) is 0. The summed E-state index contributed by atoms with van der Waals surface area (Å²) in [5.74, 6) is 0.0932. The third kappa shape index (κ3) is 4.76. The Morgan fingerprint density at radius 2 is 1.95 bits per heavy atom. The maximum atomic E-state index is 11.6. The highest BCUT2D eigenvalue weighted by Gasteiger charge is 2.05. The van der Waals surface area contributed by atoms with Gasteiger partial charge >= 0.3 is 6.09 Å². The van der Waals surface area contributed by atoms with Crippen LogP contribution < -0.4 is 11.1 Å². The molecule has 1 heterocycles. The Bertz CT molecular complexity index is 643. The van der Waals surface area contributed by atoms with Crippen molar-refractivity contribution in [3.05, 3.63) is 36.5 Å². The normalized spacial score (nSPS) is 10.3. The first kappa shape index (κ1) is 14.8. The molecule has 6 heteroatoms. The highest BCUT2D eigenvalue weighted by molar-refractivity contribution is 5.89. The fourth-order valence-electron chi connectivity index (χ4n) is 1.86. The molecule has 2 aromatic rings. The number of carbonyl (C=O) groups is 2. The van der Waals surface area contributed by atoms with E-state index < -0.39 is 6.09 Å². The van der Waals surface area contributed by atoms with E-state index in [9.17, 15) is 9.59 Å². The molecule has 1 aromatic heterocycles. The molecule has 1 aromatic carbocycles. The Balaban J connectivity index is 1.80. The Labute approximate surface area is 122 Å². The molecule has 21 heavy (non-hydrogen) atoms. The van der Waals surface area contributed by atoms with E-state index in [1.807, 2.05) is 24.3 Å². The Morgan fingerprint density at radius 3 is 2.71 bits per heavy atom. The first-order valence-electron chi connectivity index (χ1n) is 6.72. The van der Waals surface area contributed by atoms with Crippen molar-refractivity contribution >= 4 is 28.6 Å². The molecule has 0 spiro atoms. The zero-order valence-corrected chi connectivity index (χ0v) is 11.5. The summed E-state index contributed by atoms with van der Waals surface area (Å²) in [6, 6.07) is 9.52. The van der Waals surface area contributed by atoms with Gasteiger partial charge in [-0.1, -0.05) is 24.3 Å². The predicted octanol–water partition coefficient (Wildman–Crippen LogP) is 2.44. The molecule has 0 fully saturated rings. The van der Waals surface area contributed by atoms with Crippen molar-refractivity contribution in [3.63, 3.8) is 0 Å². The van der Waals surface area contributed by atoms with E-state index in [0.717, 1.165) is 10.8 Å². The Hall–Kier alpha value is -2.63.